The van der Waals surface area contributed by atoms with E-state index in [1.54, 1.807) is 0 Å². The fraction of sp³-hybridized carbons (Fsp3) is 0.800. The van der Waals surface area contributed by atoms with E-state index in [2.05, 4.69) is 33.1 Å². The molecule has 0 saturated heterocycles. The Morgan fingerprint density at radius 3 is 2.67 bits per heavy atom. The highest BCUT2D eigenvalue weighted by atomic mass is 32.1. The fourth-order valence-electron chi connectivity index (χ4n) is 0.724. The molecule has 0 rings (SSSR count). The summed E-state index contributed by atoms with van der Waals surface area (Å²) in [5.74, 6) is 0.870. The molecule has 0 aliphatic heterocycles. The van der Waals surface area contributed by atoms with Crippen LogP contribution in [0.15, 0.2) is 12.7 Å². The number of thiol groups is 1. The van der Waals surface area contributed by atoms with Crippen LogP contribution in [0.25, 0.3) is 0 Å². The van der Waals surface area contributed by atoms with Gasteiger partial charge in [0.05, 0.1) is 6.61 Å². The van der Waals surface area contributed by atoms with Crippen molar-refractivity contribution < 1.29 is 4.74 Å². The minimum atomic E-state index is 0.206. The Hall–Kier alpha value is 0.0500. The van der Waals surface area contributed by atoms with Crippen molar-refractivity contribution in [2.24, 2.45) is 5.41 Å². The van der Waals surface area contributed by atoms with E-state index < -0.39 is 0 Å². The summed E-state index contributed by atoms with van der Waals surface area (Å²) in [7, 11) is 0. The van der Waals surface area contributed by atoms with Crippen molar-refractivity contribution in [2.75, 3.05) is 19.0 Å². The van der Waals surface area contributed by atoms with Crippen LogP contribution < -0.4 is 0 Å². The van der Waals surface area contributed by atoms with Gasteiger partial charge in [-0.1, -0.05) is 19.9 Å². The molecule has 0 spiro atoms. The van der Waals surface area contributed by atoms with E-state index in [1.165, 1.54) is 0 Å². The predicted octanol–water partition coefficient (Wildman–Crippen LogP) is 2.93. The summed E-state index contributed by atoms with van der Waals surface area (Å²) in [6.07, 6.45) is 4.04. The van der Waals surface area contributed by atoms with Gasteiger partial charge >= 0.3 is 0 Å². The van der Waals surface area contributed by atoms with Crippen LogP contribution in [-0.2, 0) is 4.74 Å². The maximum absolute atomic E-state index is 5.49. The SMILES string of the molecule is C=CCCCOCC(C)(C)CS. The molecule has 0 aromatic rings. The molecular formula is C10H20OS. The highest BCUT2D eigenvalue weighted by Crippen LogP contribution is 2.16. The van der Waals surface area contributed by atoms with E-state index in [4.69, 9.17) is 4.74 Å². The van der Waals surface area contributed by atoms with Crippen molar-refractivity contribution in [3.05, 3.63) is 12.7 Å². The number of allylic oxidation sites excluding steroid dienone is 1. The normalized spacial score (nSPS) is 11.6. The van der Waals surface area contributed by atoms with Crippen LogP contribution in [0.3, 0.4) is 0 Å². The molecule has 0 aromatic heterocycles. The van der Waals surface area contributed by atoms with Gasteiger partial charge in [0, 0.05) is 6.61 Å². The lowest BCUT2D eigenvalue weighted by atomic mass is 9.98. The lowest BCUT2D eigenvalue weighted by molar-refractivity contribution is 0.0724. The Morgan fingerprint density at radius 1 is 1.50 bits per heavy atom. The third-order valence-corrected chi connectivity index (χ3v) is 2.47. The maximum Gasteiger partial charge on any atom is 0.0524 e. The molecule has 12 heavy (non-hydrogen) atoms. The maximum atomic E-state index is 5.49. The minimum absolute atomic E-state index is 0.206. The van der Waals surface area contributed by atoms with Crippen molar-refractivity contribution in [2.45, 2.75) is 26.7 Å². The third-order valence-electron chi connectivity index (χ3n) is 1.62. The summed E-state index contributed by atoms with van der Waals surface area (Å²) in [6, 6.07) is 0. The van der Waals surface area contributed by atoms with Crippen molar-refractivity contribution >= 4 is 12.6 Å². The van der Waals surface area contributed by atoms with Crippen LogP contribution in [0.4, 0.5) is 0 Å². The molecule has 0 bridgehead atoms. The molecule has 0 aliphatic carbocycles. The quantitative estimate of drug-likeness (QED) is 0.367. The highest BCUT2D eigenvalue weighted by Gasteiger charge is 2.14. The van der Waals surface area contributed by atoms with Crippen LogP contribution in [0.2, 0.25) is 0 Å². The standard InChI is InChI=1S/C10H20OS/c1-4-5-6-7-11-8-10(2,3)9-12/h4,12H,1,5-9H2,2-3H3. The second-order valence-corrected chi connectivity index (χ2v) is 4.12. The van der Waals surface area contributed by atoms with Gasteiger partial charge < -0.3 is 4.74 Å². The molecular weight excluding hydrogens is 168 g/mol. The Bertz CT molecular complexity index is 121. The summed E-state index contributed by atoms with van der Waals surface area (Å²) < 4.78 is 5.49. The molecule has 0 N–H and O–H groups in total. The number of unbranched alkanes of at least 4 members (excludes halogenated alkanes) is 1. The zero-order valence-corrected chi connectivity index (χ0v) is 9.07. The lowest BCUT2D eigenvalue weighted by Crippen LogP contribution is -2.21. The van der Waals surface area contributed by atoms with Crippen molar-refractivity contribution in [1.82, 2.24) is 0 Å². The molecule has 0 fully saturated rings. The summed E-state index contributed by atoms with van der Waals surface area (Å²) >= 11 is 4.25. The molecule has 0 unspecified atom stereocenters. The van der Waals surface area contributed by atoms with Crippen LogP contribution in [0.1, 0.15) is 26.7 Å². The highest BCUT2D eigenvalue weighted by molar-refractivity contribution is 7.80. The topological polar surface area (TPSA) is 9.23 Å². The summed E-state index contributed by atoms with van der Waals surface area (Å²) in [4.78, 5) is 0. The molecule has 72 valence electrons. The predicted molar refractivity (Wildman–Crippen MR) is 57.9 cm³/mol. The summed E-state index contributed by atoms with van der Waals surface area (Å²) in [6.45, 7) is 9.61. The van der Waals surface area contributed by atoms with Crippen LogP contribution in [0.5, 0.6) is 0 Å². The molecule has 0 heterocycles. The first-order chi connectivity index (χ1) is 5.62. The van der Waals surface area contributed by atoms with Crippen molar-refractivity contribution in [3.63, 3.8) is 0 Å². The van der Waals surface area contributed by atoms with Gasteiger partial charge in [0.2, 0.25) is 0 Å². The number of ether oxygens (including phenoxy) is 1. The molecule has 0 radical (unpaired) electrons. The summed E-state index contributed by atoms with van der Waals surface area (Å²) in [5.41, 5.74) is 0.206. The van der Waals surface area contributed by atoms with Gasteiger partial charge in [0.1, 0.15) is 0 Å². The van der Waals surface area contributed by atoms with Gasteiger partial charge in [-0.15, -0.1) is 6.58 Å². The lowest BCUT2D eigenvalue weighted by Gasteiger charge is -2.21. The summed E-state index contributed by atoms with van der Waals surface area (Å²) in [5, 5.41) is 0. The average Bonchev–Trinajstić information content (AvgIpc) is 2.04. The zero-order chi connectivity index (χ0) is 9.45. The number of rotatable bonds is 7. The molecule has 2 heteroatoms. The van der Waals surface area contributed by atoms with Gasteiger partial charge in [-0.3, -0.25) is 0 Å². The van der Waals surface area contributed by atoms with Gasteiger partial charge in [0.25, 0.3) is 0 Å². The van der Waals surface area contributed by atoms with Gasteiger partial charge in [-0.25, -0.2) is 0 Å². The molecule has 0 aromatic carbocycles. The fourth-order valence-corrected chi connectivity index (χ4v) is 0.815. The monoisotopic (exact) mass is 188 g/mol. The van der Waals surface area contributed by atoms with E-state index in [0.29, 0.717) is 0 Å². The first-order valence-corrected chi connectivity index (χ1v) is 5.05. The second kappa shape index (κ2) is 6.55. The van der Waals surface area contributed by atoms with Crippen LogP contribution in [-0.4, -0.2) is 19.0 Å². The van der Waals surface area contributed by atoms with Crippen molar-refractivity contribution in [1.29, 1.82) is 0 Å². The first-order valence-electron chi connectivity index (χ1n) is 4.42. The van der Waals surface area contributed by atoms with E-state index in [1.807, 2.05) is 6.08 Å². The van der Waals surface area contributed by atoms with Crippen molar-refractivity contribution in [3.8, 4) is 0 Å². The first kappa shape index (κ1) is 12.0. The van der Waals surface area contributed by atoms with Gasteiger partial charge in [-0.05, 0) is 24.0 Å². The Labute approximate surface area is 81.6 Å². The zero-order valence-electron chi connectivity index (χ0n) is 8.18. The largest absolute Gasteiger partial charge is 0.381 e. The Kier molecular flexibility index (Phi) is 6.58. The number of hydrogen-bond donors (Lipinski definition) is 1. The third kappa shape index (κ3) is 6.74. The number of hydrogen-bond acceptors (Lipinski definition) is 2. The van der Waals surface area contributed by atoms with E-state index in [9.17, 15) is 0 Å². The second-order valence-electron chi connectivity index (χ2n) is 3.81. The Morgan fingerprint density at radius 2 is 2.17 bits per heavy atom. The average molecular weight is 188 g/mol. The van der Waals surface area contributed by atoms with E-state index in [0.717, 1.165) is 31.8 Å². The van der Waals surface area contributed by atoms with E-state index >= 15 is 0 Å². The molecule has 1 nitrogen and oxygen atoms in total. The molecule has 0 aliphatic rings. The molecule has 0 amide bonds. The smallest absolute Gasteiger partial charge is 0.0524 e. The van der Waals surface area contributed by atoms with Gasteiger partial charge in [0.15, 0.2) is 0 Å². The molecule has 0 saturated carbocycles. The van der Waals surface area contributed by atoms with Crippen LogP contribution >= 0.6 is 12.6 Å². The van der Waals surface area contributed by atoms with E-state index in [-0.39, 0.29) is 5.41 Å². The molecule has 0 atom stereocenters. The minimum Gasteiger partial charge on any atom is -0.381 e. The van der Waals surface area contributed by atoms with Crippen LogP contribution in [0, 0.1) is 5.41 Å². The van der Waals surface area contributed by atoms with Gasteiger partial charge in [-0.2, -0.15) is 12.6 Å². The Balaban J connectivity index is 3.24.